The fourth-order valence-electron chi connectivity index (χ4n) is 6.93. The lowest BCUT2D eigenvalue weighted by Gasteiger charge is -2.42. The van der Waals surface area contributed by atoms with Gasteiger partial charge in [0.25, 0.3) is 0 Å². The molecular formula is C28H41N3O7. The summed E-state index contributed by atoms with van der Waals surface area (Å²) in [5, 5.41) is 10.5. The molecule has 0 saturated carbocycles. The second-order valence-corrected chi connectivity index (χ2v) is 11.4. The monoisotopic (exact) mass is 531 g/mol. The van der Waals surface area contributed by atoms with E-state index in [1.807, 2.05) is 38.2 Å². The minimum atomic E-state index is -1.34. The van der Waals surface area contributed by atoms with Crippen molar-refractivity contribution in [3.8, 4) is 0 Å². The highest BCUT2D eigenvalue weighted by Gasteiger charge is 2.75. The highest BCUT2D eigenvalue weighted by molar-refractivity contribution is 5.99. The number of carbonyl (C=O) groups excluding carboxylic acids is 3. The van der Waals surface area contributed by atoms with Gasteiger partial charge in [0.1, 0.15) is 17.6 Å². The second kappa shape index (κ2) is 10.7. The zero-order valence-electron chi connectivity index (χ0n) is 22.7. The third-order valence-electron chi connectivity index (χ3n) is 9.18. The lowest BCUT2D eigenvalue weighted by Crippen LogP contribution is -2.60. The Morgan fingerprint density at radius 3 is 2.53 bits per heavy atom. The smallest absolute Gasteiger partial charge is 0.313 e. The SMILES string of the molecule is CC[C@H](C)[C@H](CO)N1C(=O)[C@@H]2[C@@H]3C(=O)OCCC=C[C@]3(C)O[C@@]23C=CCN(CCN2CCOCC2)C(=O)C13. The Balaban J connectivity index is 1.56. The average Bonchev–Trinajstić information content (AvgIpc) is 3.23. The molecule has 3 saturated heterocycles. The van der Waals surface area contributed by atoms with E-state index in [4.69, 9.17) is 14.2 Å². The number of amides is 2. The number of morpholine rings is 1. The van der Waals surface area contributed by atoms with E-state index in [0.29, 0.717) is 39.3 Å². The first-order chi connectivity index (χ1) is 18.3. The Morgan fingerprint density at radius 2 is 1.82 bits per heavy atom. The maximum absolute atomic E-state index is 14.4. The van der Waals surface area contributed by atoms with Gasteiger partial charge in [-0.2, -0.15) is 0 Å². The van der Waals surface area contributed by atoms with Gasteiger partial charge in [-0.25, -0.2) is 0 Å². The third kappa shape index (κ3) is 4.39. The number of nitrogens with zero attached hydrogens (tertiary/aromatic N) is 3. The Hall–Kier alpha value is -2.27. The number of esters is 1. The van der Waals surface area contributed by atoms with Crippen molar-refractivity contribution in [2.45, 2.75) is 56.9 Å². The first-order valence-corrected chi connectivity index (χ1v) is 14.0. The van der Waals surface area contributed by atoms with Crippen LogP contribution in [0.25, 0.3) is 0 Å². The largest absolute Gasteiger partial charge is 0.465 e. The molecule has 10 nitrogen and oxygen atoms in total. The Kier molecular flexibility index (Phi) is 7.70. The van der Waals surface area contributed by atoms with Crippen LogP contribution in [-0.4, -0.2) is 120 Å². The van der Waals surface area contributed by atoms with Crippen molar-refractivity contribution >= 4 is 17.8 Å². The van der Waals surface area contributed by atoms with Crippen molar-refractivity contribution in [1.29, 1.82) is 0 Å². The van der Waals surface area contributed by atoms with Crippen molar-refractivity contribution in [3.63, 3.8) is 0 Å². The van der Waals surface area contributed by atoms with E-state index >= 15 is 0 Å². The van der Waals surface area contributed by atoms with Crippen LogP contribution in [0.4, 0.5) is 0 Å². The van der Waals surface area contributed by atoms with Gasteiger partial charge in [-0.3, -0.25) is 19.3 Å². The molecule has 5 aliphatic rings. The minimum absolute atomic E-state index is 0.0581. The number of rotatable bonds is 7. The molecule has 10 heteroatoms. The van der Waals surface area contributed by atoms with Gasteiger partial charge < -0.3 is 29.1 Å². The number of likely N-dealkylation sites (tertiary alicyclic amines) is 1. The van der Waals surface area contributed by atoms with E-state index in [-0.39, 0.29) is 30.9 Å². The van der Waals surface area contributed by atoms with Gasteiger partial charge in [0.2, 0.25) is 11.8 Å². The summed E-state index contributed by atoms with van der Waals surface area (Å²) in [5.41, 5.74) is -2.43. The Morgan fingerprint density at radius 1 is 1.05 bits per heavy atom. The van der Waals surface area contributed by atoms with Crippen LogP contribution in [-0.2, 0) is 28.6 Å². The van der Waals surface area contributed by atoms with Gasteiger partial charge in [0.15, 0.2) is 0 Å². The van der Waals surface area contributed by atoms with Gasteiger partial charge in [-0.1, -0.05) is 44.6 Å². The van der Waals surface area contributed by atoms with Crippen LogP contribution in [0.15, 0.2) is 24.3 Å². The van der Waals surface area contributed by atoms with Crippen LogP contribution in [0.2, 0.25) is 0 Å². The molecule has 0 aliphatic carbocycles. The average molecular weight is 532 g/mol. The molecule has 0 aromatic rings. The molecule has 1 N–H and O–H groups in total. The number of hydrogen-bond acceptors (Lipinski definition) is 8. The molecule has 0 bridgehead atoms. The number of aliphatic hydroxyl groups is 1. The van der Waals surface area contributed by atoms with Gasteiger partial charge in [0, 0.05) is 32.7 Å². The fourth-order valence-corrected chi connectivity index (χ4v) is 6.93. The molecule has 1 spiro atoms. The number of hydrogen-bond donors (Lipinski definition) is 1. The van der Waals surface area contributed by atoms with Crippen LogP contribution in [0, 0.1) is 17.8 Å². The molecule has 1 unspecified atom stereocenters. The number of fused-ring (bicyclic) bond motifs is 2. The molecule has 3 fully saturated rings. The van der Waals surface area contributed by atoms with Crippen molar-refractivity contribution < 1.29 is 33.7 Å². The first kappa shape index (κ1) is 27.3. The van der Waals surface area contributed by atoms with E-state index in [1.165, 1.54) is 0 Å². The van der Waals surface area contributed by atoms with Crippen LogP contribution in [0.5, 0.6) is 0 Å². The lowest BCUT2D eigenvalue weighted by atomic mass is 9.74. The summed E-state index contributed by atoms with van der Waals surface area (Å²) < 4.78 is 17.8. The van der Waals surface area contributed by atoms with Gasteiger partial charge >= 0.3 is 5.97 Å². The summed E-state index contributed by atoms with van der Waals surface area (Å²) in [6.07, 6.45) is 8.80. The molecule has 5 heterocycles. The van der Waals surface area contributed by atoms with E-state index in [0.717, 1.165) is 19.5 Å². The molecular weight excluding hydrogens is 490 g/mol. The number of ether oxygens (including phenoxy) is 3. The van der Waals surface area contributed by atoms with Crippen molar-refractivity contribution in [1.82, 2.24) is 14.7 Å². The summed E-state index contributed by atoms with van der Waals surface area (Å²) in [7, 11) is 0. The van der Waals surface area contributed by atoms with Crippen molar-refractivity contribution in [3.05, 3.63) is 24.3 Å². The first-order valence-electron chi connectivity index (χ1n) is 14.0. The lowest BCUT2D eigenvalue weighted by molar-refractivity contribution is -0.162. The highest BCUT2D eigenvalue weighted by atomic mass is 16.6. The summed E-state index contributed by atoms with van der Waals surface area (Å²) in [5.74, 6) is -2.90. The van der Waals surface area contributed by atoms with Gasteiger partial charge in [-0.15, -0.1) is 0 Å². The van der Waals surface area contributed by atoms with Gasteiger partial charge in [-0.05, 0) is 19.3 Å². The van der Waals surface area contributed by atoms with E-state index in [2.05, 4.69) is 4.90 Å². The predicted molar refractivity (Wildman–Crippen MR) is 138 cm³/mol. The predicted octanol–water partition coefficient (Wildman–Crippen LogP) is 0.598. The van der Waals surface area contributed by atoms with Crippen molar-refractivity contribution in [2.24, 2.45) is 17.8 Å². The van der Waals surface area contributed by atoms with E-state index in [1.54, 1.807) is 16.7 Å². The maximum Gasteiger partial charge on any atom is 0.313 e. The van der Waals surface area contributed by atoms with Crippen LogP contribution < -0.4 is 0 Å². The van der Waals surface area contributed by atoms with Crippen molar-refractivity contribution in [2.75, 3.05) is 59.2 Å². The quantitative estimate of drug-likeness (QED) is 0.376. The standard InChI is InChI=1S/C28H41N3O7/c1-4-19(2)20(18-32)31-23-25(34)30(12-11-29-13-16-36-17-14-29)10-7-9-28(23)21(24(31)33)22-26(35)37-15-6-5-8-27(22,3)38-28/h5,7-9,19-23,32H,4,6,10-18H2,1-3H3/t19-,20-,21-,22+,23?,27-,28-/m0/s1. The highest BCUT2D eigenvalue weighted by Crippen LogP contribution is 2.57. The molecule has 5 rings (SSSR count). The van der Waals surface area contributed by atoms with Crippen LogP contribution >= 0.6 is 0 Å². The molecule has 0 radical (unpaired) electrons. The number of aliphatic hydroxyl groups excluding tert-OH is 1. The molecule has 5 aliphatic heterocycles. The molecule has 38 heavy (non-hydrogen) atoms. The summed E-state index contributed by atoms with van der Waals surface area (Å²) >= 11 is 0. The molecule has 2 amide bonds. The summed E-state index contributed by atoms with van der Waals surface area (Å²) in [6.45, 7) is 10.3. The Bertz CT molecular complexity index is 995. The molecule has 210 valence electrons. The Labute approximate surface area is 224 Å². The zero-order chi connectivity index (χ0) is 27.1. The maximum atomic E-state index is 14.4. The van der Waals surface area contributed by atoms with Gasteiger partial charge in [0.05, 0.1) is 44.0 Å². The topological polar surface area (TPSA) is 109 Å². The van der Waals surface area contributed by atoms with Crippen LogP contribution in [0.1, 0.15) is 33.6 Å². The fraction of sp³-hybridized carbons (Fsp3) is 0.750. The number of cyclic esters (lactones) is 1. The van der Waals surface area contributed by atoms with Crippen LogP contribution in [0.3, 0.4) is 0 Å². The van der Waals surface area contributed by atoms with E-state index < -0.39 is 41.1 Å². The number of carbonyl (C=O) groups is 3. The normalized spacial score (nSPS) is 37.2. The summed E-state index contributed by atoms with van der Waals surface area (Å²) in [4.78, 5) is 47.7. The molecule has 0 aromatic carbocycles. The summed E-state index contributed by atoms with van der Waals surface area (Å²) in [6, 6.07) is -1.56. The minimum Gasteiger partial charge on any atom is -0.465 e. The molecule has 0 aromatic heterocycles. The van der Waals surface area contributed by atoms with E-state index in [9.17, 15) is 19.5 Å². The second-order valence-electron chi connectivity index (χ2n) is 11.4. The third-order valence-corrected chi connectivity index (χ3v) is 9.18. The zero-order valence-corrected chi connectivity index (χ0v) is 22.7. The molecule has 7 atom stereocenters.